The molecule has 0 radical (unpaired) electrons. The Kier molecular flexibility index (Phi) is 6.19. The Morgan fingerprint density at radius 1 is 0.926 bits per heavy atom. The number of amides is 1. The number of benzene rings is 2. The van der Waals surface area contributed by atoms with Crippen molar-refractivity contribution < 1.29 is 19.0 Å². The van der Waals surface area contributed by atoms with Gasteiger partial charge >= 0.3 is 6.01 Å². The summed E-state index contributed by atoms with van der Waals surface area (Å²) in [5, 5.41) is 2.76. The molecule has 0 saturated heterocycles. The number of aromatic nitrogens is 2. The zero-order valence-corrected chi connectivity index (χ0v) is 14.8. The minimum Gasteiger partial charge on any atom is -0.490 e. The summed E-state index contributed by atoms with van der Waals surface area (Å²) in [6.45, 7) is 2.29. The van der Waals surface area contributed by atoms with Crippen LogP contribution in [0.5, 0.6) is 23.3 Å². The lowest BCUT2D eigenvalue weighted by atomic mass is 10.3. The maximum atomic E-state index is 12.1. The average Bonchev–Trinajstić information content (AvgIpc) is 2.70. The molecule has 0 bridgehead atoms. The Morgan fingerprint density at radius 2 is 1.59 bits per heavy atom. The molecule has 27 heavy (non-hydrogen) atoms. The van der Waals surface area contributed by atoms with Gasteiger partial charge in [0.15, 0.2) is 18.1 Å². The first kappa shape index (κ1) is 18.2. The van der Waals surface area contributed by atoms with Gasteiger partial charge in [-0.05, 0) is 49.4 Å². The third-order valence-corrected chi connectivity index (χ3v) is 3.40. The van der Waals surface area contributed by atoms with E-state index in [4.69, 9.17) is 14.2 Å². The number of ether oxygens (including phenoxy) is 3. The highest BCUT2D eigenvalue weighted by molar-refractivity contribution is 5.91. The Hall–Kier alpha value is -3.61. The van der Waals surface area contributed by atoms with Gasteiger partial charge in [-0.25, -0.2) is 9.97 Å². The van der Waals surface area contributed by atoms with Crippen LogP contribution in [0.3, 0.4) is 0 Å². The summed E-state index contributed by atoms with van der Waals surface area (Å²) < 4.78 is 16.5. The highest BCUT2D eigenvalue weighted by Gasteiger charge is 2.08. The molecular formula is C20H19N3O4. The normalized spacial score (nSPS) is 10.1. The molecule has 0 saturated carbocycles. The SMILES string of the molecule is CCOc1ccccc1OCC(=O)Nc1ccc(Oc2ncccn2)cc1. The van der Waals surface area contributed by atoms with E-state index in [0.717, 1.165) is 0 Å². The fourth-order valence-corrected chi connectivity index (χ4v) is 2.23. The molecule has 7 heteroatoms. The van der Waals surface area contributed by atoms with Crippen molar-refractivity contribution >= 4 is 11.6 Å². The monoisotopic (exact) mass is 365 g/mol. The molecule has 0 spiro atoms. The molecule has 0 aliphatic heterocycles. The predicted octanol–water partition coefficient (Wildman–Crippen LogP) is 3.69. The minimum atomic E-state index is -0.277. The summed E-state index contributed by atoms with van der Waals surface area (Å²) in [6, 6.07) is 16.1. The molecule has 0 unspecified atom stereocenters. The molecule has 138 valence electrons. The van der Waals surface area contributed by atoms with E-state index in [2.05, 4.69) is 15.3 Å². The lowest BCUT2D eigenvalue weighted by Crippen LogP contribution is -2.20. The maximum absolute atomic E-state index is 12.1. The van der Waals surface area contributed by atoms with E-state index < -0.39 is 0 Å². The Labute approximate surface area is 156 Å². The van der Waals surface area contributed by atoms with Crippen LogP contribution in [0.1, 0.15) is 6.92 Å². The molecule has 1 heterocycles. The van der Waals surface area contributed by atoms with Crippen LogP contribution in [0.15, 0.2) is 67.0 Å². The second-order valence-corrected chi connectivity index (χ2v) is 5.37. The van der Waals surface area contributed by atoms with Crippen molar-refractivity contribution in [1.82, 2.24) is 9.97 Å². The standard InChI is InChI=1S/C20H19N3O4/c1-2-25-17-6-3-4-7-18(17)26-14-19(24)23-15-8-10-16(11-9-15)27-20-21-12-5-13-22-20/h3-13H,2,14H2,1H3,(H,23,24). The molecule has 0 aliphatic carbocycles. The van der Waals surface area contributed by atoms with Gasteiger partial charge in [0.1, 0.15) is 5.75 Å². The summed E-state index contributed by atoms with van der Waals surface area (Å²) in [5.41, 5.74) is 0.628. The molecule has 1 aromatic heterocycles. The molecule has 0 aliphatic rings. The number of rotatable bonds is 8. The van der Waals surface area contributed by atoms with Crippen LogP contribution in [-0.2, 0) is 4.79 Å². The van der Waals surface area contributed by atoms with Crippen molar-refractivity contribution in [2.45, 2.75) is 6.92 Å². The first-order valence-corrected chi connectivity index (χ1v) is 8.44. The molecule has 3 aromatic rings. The van der Waals surface area contributed by atoms with Crippen molar-refractivity contribution in [1.29, 1.82) is 0 Å². The van der Waals surface area contributed by atoms with Gasteiger partial charge in [-0.3, -0.25) is 4.79 Å². The van der Waals surface area contributed by atoms with Crippen molar-refractivity contribution in [3.05, 3.63) is 67.0 Å². The molecule has 3 rings (SSSR count). The van der Waals surface area contributed by atoms with Crippen molar-refractivity contribution in [2.75, 3.05) is 18.5 Å². The smallest absolute Gasteiger partial charge is 0.321 e. The summed E-state index contributed by atoms with van der Waals surface area (Å²) in [6.07, 6.45) is 3.20. The van der Waals surface area contributed by atoms with Crippen LogP contribution < -0.4 is 19.5 Å². The van der Waals surface area contributed by atoms with Crippen molar-refractivity contribution in [3.63, 3.8) is 0 Å². The van der Waals surface area contributed by atoms with Crippen molar-refractivity contribution in [2.24, 2.45) is 0 Å². The topological polar surface area (TPSA) is 82.6 Å². The van der Waals surface area contributed by atoms with E-state index >= 15 is 0 Å². The lowest BCUT2D eigenvalue weighted by Gasteiger charge is -2.11. The molecule has 7 nitrogen and oxygen atoms in total. The molecule has 2 aromatic carbocycles. The van der Waals surface area contributed by atoms with Gasteiger partial charge in [0.2, 0.25) is 0 Å². The van der Waals surface area contributed by atoms with Crippen LogP contribution >= 0.6 is 0 Å². The number of nitrogens with zero attached hydrogens (tertiary/aromatic N) is 2. The molecule has 0 fully saturated rings. The molecule has 0 atom stereocenters. The zero-order chi connectivity index (χ0) is 18.9. The Bertz CT molecular complexity index is 870. The summed E-state index contributed by atoms with van der Waals surface area (Å²) in [4.78, 5) is 20.1. The Morgan fingerprint density at radius 3 is 2.26 bits per heavy atom. The number of carbonyl (C=O) groups is 1. The number of nitrogens with one attached hydrogen (secondary N) is 1. The molecule has 1 amide bonds. The number of carbonyl (C=O) groups excluding carboxylic acids is 1. The van der Waals surface area contributed by atoms with Crippen LogP contribution in [0.4, 0.5) is 5.69 Å². The van der Waals surface area contributed by atoms with Crippen LogP contribution in [-0.4, -0.2) is 29.1 Å². The average molecular weight is 365 g/mol. The Balaban J connectivity index is 1.52. The molecule has 1 N–H and O–H groups in total. The van der Waals surface area contributed by atoms with E-state index in [1.54, 1.807) is 54.9 Å². The number of para-hydroxylation sites is 2. The van der Waals surface area contributed by atoms with E-state index in [0.29, 0.717) is 29.5 Å². The van der Waals surface area contributed by atoms with Crippen LogP contribution in [0.2, 0.25) is 0 Å². The summed E-state index contributed by atoms with van der Waals surface area (Å²) in [5.74, 6) is 1.43. The van der Waals surface area contributed by atoms with Gasteiger partial charge in [0.05, 0.1) is 6.61 Å². The van der Waals surface area contributed by atoms with Gasteiger partial charge in [-0.2, -0.15) is 0 Å². The largest absolute Gasteiger partial charge is 0.490 e. The first-order valence-electron chi connectivity index (χ1n) is 8.44. The number of hydrogen-bond donors (Lipinski definition) is 1. The van der Waals surface area contributed by atoms with Gasteiger partial charge < -0.3 is 19.5 Å². The van der Waals surface area contributed by atoms with Crippen molar-refractivity contribution in [3.8, 4) is 23.3 Å². The number of anilines is 1. The first-order chi connectivity index (χ1) is 13.2. The maximum Gasteiger partial charge on any atom is 0.321 e. The highest BCUT2D eigenvalue weighted by Crippen LogP contribution is 2.26. The van der Waals surface area contributed by atoms with Gasteiger partial charge in [0, 0.05) is 18.1 Å². The lowest BCUT2D eigenvalue weighted by molar-refractivity contribution is -0.118. The van der Waals surface area contributed by atoms with Gasteiger partial charge in [-0.1, -0.05) is 12.1 Å². The quantitative estimate of drug-likeness (QED) is 0.656. The third-order valence-electron chi connectivity index (χ3n) is 3.40. The third kappa shape index (κ3) is 5.43. The number of hydrogen-bond acceptors (Lipinski definition) is 6. The fraction of sp³-hybridized carbons (Fsp3) is 0.150. The minimum absolute atomic E-state index is 0.125. The summed E-state index contributed by atoms with van der Waals surface area (Å²) >= 11 is 0. The van der Waals surface area contributed by atoms with Gasteiger partial charge in [-0.15, -0.1) is 0 Å². The zero-order valence-electron chi connectivity index (χ0n) is 14.8. The highest BCUT2D eigenvalue weighted by atomic mass is 16.5. The molecular weight excluding hydrogens is 346 g/mol. The second kappa shape index (κ2) is 9.19. The van der Waals surface area contributed by atoms with E-state index in [-0.39, 0.29) is 18.5 Å². The van der Waals surface area contributed by atoms with E-state index in [1.165, 1.54) is 0 Å². The van der Waals surface area contributed by atoms with Gasteiger partial charge in [0.25, 0.3) is 5.91 Å². The second-order valence-electron chi connectivity index (χ2n) is 5.37. The van der Waals surface area contributed by atoms with Crippen LogP contribution in [0.25, 0.3) is 0 Å². The van der Waals surface area contributed by atoms with Crippen LogP contribution in [0, 0.1) is 0 Å². The fourth-order valence-electron chi connectivity index (χ4n) is 2.23. The van der Waals surface area contributed by atoms with E-state index in [9.17, 15) is 4.79 Å². The summed E-state index contributed by atoms with van der Waals surface area (Å²) in [7, 11) is 0. The predicted molar refractivity (Wildman–Crippen MR) is 100 cm³/mol. The van der Waals surface area contributed by atoms with E-state index in [1.807, 2.05) is 19.1 Å².